The number of hydrogen-bond acceptors (Lipinski definition) is 4. The second-order valence-corrected chi connectivity index (χ2v) is 8.62. The number of Topliss-reactive ketones (excluding diaryl/α,β-unsaturated/α-hetero) is 1. The molecule has 0 radical (unpaired) electrons. The Kier molecular flexibility index (Phi) is 7.17. The largest absolute Gasteiger partial charge is 0.359 e. The summed E-state index contributed by atoms with van der Waals surface area (Å²) in [6.07, 6.45) is 0. The maximum absolute atomic E-state index is 12.9. The number of halogens is 1. The summed E-state index contributed by atoms with van der Waals surface area (Å²) in [7, 11) is 2.06. The van der Waals surface area contributed by atoms with Gasteiger partial charge >= 0.3 is 0 Å². The summed E-state index contributed by atoms with van der Waals surface area (Å²) in [6.45, 7) is 2.26. The van der Waals surface area contributed by atoms with E-state index in [0.29, 0.717) is 22.7 Å². The van der Waals surface area contributed by atoms with Crippen molar-refractivity contribution in [2.24, 2.45) is 5.73 Å². The average Bonchev–Trinajstić information content (AvgIpc) is 3.10. The summed E-state index contributed by atoms with van der Waals surface area (Å²) in [5.74, 6) is 2.79. The number of fused-ring (bicyclic) bond motifs is 1. The number of para-hydroxylation sites is 2. The Hall–Kier alpha value is -3.79. The summed E-state index contributed by atoms with van der Waals surface area (Å²) >= 11 is 5.95. The van der Waals surface area contributed by atoms with Gasteiger partial charge in [0.1, 0.15) is 0 Å². The molecule has 3 N–H and O–H groups in total. The van der Waals surface area contributed by atoms with Crippen LogP contribution in [-0.2, 0) is 19.6 Å². The molecular formula is C27H26ClN5O. The van der Waals surface area contributed by atoms with Crippen molar-refractivity contribution in [3.05, 3.63) is 100 Å². The minimum absolute atomic E-state index is 0.0574. The van der Waals surface area contributed by atoms with E-state index < -0.39 is 0 Å². The van der Waals surface area contributed by atoms with Crippen molar-refractivity contribution in [2.45, 2.75) is 19.6 Å². The number of aromatic nitrogens is 2. The van der Waals surface area contributed by atoms with E-state index in [-0.39, 0.29) is 12.3 Å². The molecule has 0 unspecified atom stereocenters. The highest BCUT2D eigenvalue weighted by Gasteiger charge is 2.15. The molecule has 0 atom stereocenters. The van der Waals surface area contributed by atoms with Crippen molar-refractivity contribution >= 4 is 28.4 Å². The fraction of sp³-hybridized carbons (Fsp3) is 0.185. The van der Waals surface area contributed by atoms with Gasteiger partial charge in [-0.25, -0.2) is 0 Å². The first-order chi connectivity index (χ1) is 16.5. The number of likely N-dealkylation sites (N-methyl/N-ethyl adjacent to an activating group) is 1. The van der Waals surface area contributed by atoms with E-state index in [9.17, 15) is 4.79 Å². The summed E-state index contributed by atoms with van der Waals surface area (Å²) in [5.41, 5.74) is 10.0. The first kappa shape index (κ1) is 23.4. The van der Waals surface area contributed by atoms with Gasteiger partial charge in [0.05, 0.1) is 17.6 Å². The molecule has 3 aromatic carbocycles. The Morgan fingerprint density at radius 3 is 2.29 bits per heavy atom. The molecule has 0 aliphatic carbocycles. The lowest BCUT2D eigenvalue weighted by Gasteiger charge is -2.17. The minimum atomic E-state index is -0.0574. The fourth-order valence-corrected chi connectivity index (χ4v) is 4.12. The van der Waals surface area contributed by atoms with Crippen molar-refractivity contribution in [3.8, 4) is 12.0 Å². The van der Waals surface area contributed by atoms with Crippen LogP contribution in [0.3, 0.4) is 0 Å². The van der Waals surface area contributed by atoms with Gasteiger partial charge in [-0.15, -0.1) is 0 Å². The van der Waals surface area contributed by atoms with E-state index >= 15 is 0 Å². The molecule has 0 saturated heterocycles. The Bertz CT molecular complexity index is 1420. The Morgan fingerprint density at radius 1 is 1.00 bits per heavy atom. The van der Waals surface area contributed by atoms with Gasteiger partial charge in [-0.2, -0.15) is 0 Å². The van der Waals surface area contributed by atoms with Crippen molar-refractivity contribution in [2.75, 3.05) is 13.6 Å². The van der Waals surface area contributed by atoms with Crippen LogP contribution in [0, 0.1) is 17.4 Å². The lowest BCUT2D eigenvalue weighted by Crippen LogP contribution is -2.31. The summed E-state index contributed by atoms with van der Waals surface area (Å²) in [5, 5.41) is 9.39. The first-order valence-corrected chi connectivity index (χ1v) is 11.3. The van der Waals surface area contributed by atoms with Crippen LogP contribution in [0.1, 0.15) is 21.5 Å². The third-order valence-electron chi connectivity index (χ3n) is 5.77. The Morgan fingerprint density at radius 2 is 1.65 bits per heavy atom. The summed E-state index contributed by atoms with van der Waals surface area (Å²) in [6, 6.07) is 25.1. The first-order valence-electron chi connectivity index (χ1n) is 11.0. The number of nitrogens with zero attached hydrogens (tertiary/aromatic N) is 3. The van der Waals surface area contributed by atoms with Crippen LogP contribution in [0.2, 0.25) is 5.02 Å². The predicted octanol–water partition coefficient (Wildman–Crippen LogP) is 3.86. The number of nitrogens with one attached hydrogen (secondary N) is 1. The molecule has 34 heavy (non-hydrogen) atoms. The van der Waals surface area contributed by atoms with Crippen LogP contribution in [0.4, 0.5) is 0 Å². The van der Waals surface area contributed by atoms with Gasteiger partial charge in [0, 0.05) is 41.8 Å². The van der Waals surface area contributed by atoms with Crippen molar-refractivity contribution in [1.82, 2.24) is 14.0 Å². The molecular weight excluding hydrogens is 446 g/mol. The Balaban J connectivity index is 1.50. The molecule has 0 fully saturated rings. The molecule has 1 heterocycles. The second kappa shape index (κ2) is 10.4. The third kappa shape index (κ3) is 5.23. The average molecular weight is 472 g/mol. The Labute approximate surface area is 203 Å². The highest BCUT2D eigenvalue weighted by atomic mass is 35.5. The minimum Gasteiger partial charge on any atom is -0.359 e. The van der Waals surface area contributed by atoms with E-state index in [1.165, 1.54) is 5.56 Å². The predicted molar refractivity (Wildman–Crippen MR) is 135 cm³/mol. The highest BCUT2D eigenvalue weighted by Crippen LogP contribution is 2.15. The summed E-state index contributed by atoms with van der Waals surface area (Å²) in [4.78, 5) is 15.1. The van der Waals surface area contributed by atoms with Crippen LogP contribution in [0.25, 0.3) is 11.0 Å². The number of benzene rings is 3. The van der Waals surface area contributed by atoms with Crippen LogP contribution >= 0.6 is 11.6 Å². The van der Waals surface area contributed by atoms with Gasteiger partial charge in [-0.3, -0.25) is 10.2 Å². The molecule has 0 aliphatic rings. The molecule has 172 valence electrons. The van der Waals surface area contributed by atoms with Gasteiger partial charge in [-0.1, -0.05) is 35.9 Å². The highest BCUT2D eigenvalue weighted by molar-refractivity contribution is 6.30. The number of imidazole rings is 1. The van der Waals surface area contributed by atoms with Gasteiger partial charge < -0.3 is 19.8 Å². The number of carbonyl (C=O) groups is 1. The van der Waals surface area contributed by atoms with Crippen molar-refractivity contribution in [1.29, 1.82) is 5.41 Å². The van der Waals surface area contributed by atoms with Gasteiger partial charge in [0.15, 0.2) is 5.78 Å². The van der Waals surface area contributed by atoms with E-state index in [1.54, 1.807) is 28.8 Å². The molecule has 0 aliphatic heterocycles. The molecule has 0 bridgehead atoms. The molecule has 6 nitrogen and oxygen atoms in total. The number of rotatable bonds is 8. The van der Waals surface area contributed by atoms with Crippen LogP contribution in [-0.4, -0.2) is 33.4 Å². The molecule has 4 aromatic rings. The second-order valence-electron chi connectivity index (χ2n) is 8.18. The van der Waals surface area contributed by atoms with Crippen LogP contribution in [0.15, 0.2) is 72.8 Å². The molecule has 4 rings (SSSR count). The van der Waals surface area contributed by atoms with Gasteiger partial charge in [0.2, 0.25) is 5.62 Å². The molecule has 0 spiro atoms. The van der Waals surface area contributed by atoms with Crippen molar-refractivity contribution in [3.63, 3.8) is 0 Å². The van der Waals surface area contributed by atoms with Crippen molar-refractivity contribution < 1.29 is 4.79 Å². The fourth-order valence-electron chi connectivity index (χ4n) is 3.99. The third-order valence-corrected chi connectivity index (χ3v) is 6.02. The van der Waals surface area contributed by atoms with Gasteiger partial charge in [0.25, 0.3) is 0 Å². The van der Waals surface area contributed by atoms with E-state index in [0.717, 1.165) is 29.7 Å². The molecule has 0 amide bonds. The SMILES string of the molecule is CN(CCn1c(=N)n(CC(=O)c2ccc(Cl)cc2)c2ccccc21)Cc1ccc(C#CN)cc1. The number of hydrogen-bond donors (Lipinski definition) is 2. The standard InChI is InChI=1S/C27H26ClN5O/c1-31(18-21-8-6-20(7-9-21)14-15-29)16-17-32-24-4-2-3-5-25(24)33(27(32)30)19-26(34)22-10-12-23(28)13-11-22/h2-13,30H,16-19,29H2,1H3. The topological polar surface area (TPSA) is 80.0 Å². The zero-order chi connectivity index (χ0) is 24.1. The quantitative estimate of drug-likeness (QED) is 0.232. The van der Waals surface area contributed by atoms with E-state index in [2.05, 4.69) is 23.9 Å². The van der Waals surface area contributed by atoms with Gasteiger partial charge in [-0.05, 0) is 67.1 Å². The molecule has 1 aromatic heterocycles. The zero-order valence-corrected chi connectivity index (χ0v) is 19.7. The maximum atomic E-state index is 12.9. The van der Waals surface area contributed by atoms with E-state index in [4.69, 9.17) is 22.7 Å². The zero-order valence-electron chi connectivity index (χ0n) is 19.0. The maximum Gasteiger partial charge on any atom is 0.203 e. The smallest absolute Gasteiger partial charge is 0.203 e. The number of ketones is 1. The molecule has 0 saturated carbocycles. The van der Waals surface area contributed by atoms with E-state index in [1.807, 2.05) is 53.1 Å². The lowest BCUT2D eigenvalue weighted by atomic mass is 10.1. The number of carbonyl (C=O) groups excluding carboxylic acids is 1. The number of nitrogens with two attached hydrogens (primary N) is 1. The lowest BCUT2D eigenvalue weighted by molar-refractivity contribution is 0.0971. The van der Waals surface area contributed by atoms with Crippen LogP contribution in [0.5, 0.6) is 0 Å². The normalized spacial score (nSPS) is 10.9. The summed E-state index contributed by atoms with van der Waals surface area (Å²) < 4.78 is 3.73. The molecule has 7 heteroatoms. The monoisotopic (exact) mass is 471 g/mol. The van der Waals surface area contributed by atoms with Crippen LogP contribution < -0.4 is 11.4 Å².